The Morgan fingerprint density at radius 3 is 2.71 bits per heavy atom. The molecule has 1 aromatic rings. The van der Waals surface area contributed by atoms with Crippen molar-refractivity contribution in [1.82, 2.24) is 5.32 Å². The number of carbonyl (C=O) groups excluding carboxylic acids is 1. The molecule has 0 unspecified atom stereocenters. The predicted octanol–water partition coefficient (Wildman–Crippen LogP) is 1.64. The van der Waals surface area contributed by atoms with E-state index in [0.29, 0.717) is 12.1 Å². The number of hydrogen-bond donors (Lipinski definition) is 3. The van der Waals surface area contributed by atoms with Crippen LogP contribution in [0.25, 0.3) is 0 Å². The van der Waals surface area contributed by atoms with Gasteiger partial charge in [-0.3, -0.25) is 4.79 Å². The molecular formula is C13H20N2O2. The summed E-state index contributed by atoms with van der Waals surface area (Å²) in [4.78, 5) is 11.6. The van der Waals surface area contributed by atoms with Crippen LogP contribution in [-0.4, -0.2) is 24.1 Å². The van der Waals surface area contributed by atoms with Crippen molar-refractivity contribution in [3.05, 3.63) is 29.8 Å². The molecule has 0 spiro atoms. The van der Waals surface area contributed by atoms with E-state index < -0.39 is 0 Å². The number of unbranched alkanes of at least 4 members (excludes halogenated alkanes) is 3. The first-order valence-corrected chi connectivity index (χ1v) is 6.01. The van der Waals surface area contributed by atoms with E-state index >= 15 is 0 Å². The Kier molecular flexibility index (Phi) is 6.10. The van der Waals surface area contributed by atoms with Gasteiger partial charge in [-0.1, -0.05) is 18.9 Å². The van der Waals surface area contributed by atoms with E-state index in [9.17, 15) is 9.90 Å². The number of benzene rings is 1. The summed E-state index contributed by atoms with van der Waals surface area (Å²) in [5.41, 5.74) is 5.88. The molecule has 0 aliphatic rings. The molecule has 0 aromatic heterocycles. The molecule has 4 nitrogen and oxygen atoms in total. The molecule has 17 heavy (non-hydrogen) atoms. The van der Waals surface area contributed by atoms with Gasteiger partial charge in [-0.25, -0.2) is 0 Å². The number of phenols is 1. The Balaban J connectivity index is 2.21. The summed E-state index contributed by atoms with van der Waals surface area (Å²) in [5.74, 6) is -0.0275. The topological polar surface area (TPSA) is 75.3 Å². The maximum atomic E-state index is 11.6. The van der Waals surface area contributed by atoms with Gasteiger partial charge in [0.05, 0.1) is 0 Å². The van der Waals surface area contributed by atoms with Gasteiger partial charge in [0.1, 0.15) is 5.75 Å². The second kappa shape index (κ2) is 7.68. The number of hydrogen-bond acceptors (Lipinski definition) is 3. The first-order valence-electron chi connectivity index (χ1n) is 6.01. The van der Waals surface area contributed by atoms with Crippen LogP contribution in [0.15, 0.2) is 24.3 Å². The van der Waals surface area contributed by atoms with Gasteiger partial charge in [0.15, 0.2) is 0 Å². The van der Waals surface area contributed by atoms with Gasteiger partial charge >= 0.3 is 0 Å². The fraction of sp³-hybridized carbons (Fsp3) is 0.462. The number of nitrogens with one attached hydrogen (secondary N) is 1. The van der Waals surface area contributed by atoms with Crippen LogP contribution in [0.5, 0.6) is 5.75 Å². The average Bonchev–Trinajstić information content (AvgIpc) is 2.33. The molecule has 0 radical (unpaired) electrons. The van der Waals surface area contributed by atoms with Crippen molar-refractivity contribution in [2.24, 2.45) is 5.73 Å². The average molecular weight is 236 g/mol. The minimum absolute atomic E-state index is 0.112. The fourth-order valence-electron chi connectivity index (χ4n) is 1.57. The molecular weight excluding hydrogens is 216 g/mol. The lowest BCUT2D eigenvalue weighted by Crippen LogP contribution is -2.24. The number of amides is 1. The Morgan fingerprint density at radius 1 is 1.24 bits per heavy atom. The van der Waals surface area contributed by atoms with Gasteiger partial charge in [-0.15, -0.1) is 0 Å². The summed E-state index contributed by atoms with van der Waals surface area (Å²) in [6.45, 7) is 1.40. The molecule has 0 saturated heterocycles. The van der Waals surface area contributed by atoms with E-state index in [1.807, 2.05) is 0 Å². The van der Waals surface area contributed by atoms with Gasteiger partial charge in [-0.05, 0) is 37.6 Å². The number of rotatable bonds is 7. The van der Waals surface area contributed by atoms with Crippen LogP contribution < -0.4 is 11.1 Å². The summed E-state index contributed by atoms with van der Waals surface area (Å²) in [6.07, 6.45) is 4.20. The van der Waals surface area contributed by atoms with Gasteiger partial charge < -0.3 is 16.2 Å². The van der Waals surface area contributed by atoms with Gasteiger partial charge in [0, 0.05) is 12.1 Å². The van der Waals surface area contributed by atoms with Crippen LogP contribution in [0.2, 0.25) is 0 Å². The van der Waals surface area contributed by atoms with Crippen molar-refractivity contribution in [2.45, 2.75) is 25.7 Å². The molecule has 1 amide bonds. The largest absolute Gasteiger partial charge is 0.508 e. The summed E-state index contributed by atoms with van der Waals surface area (Å²) in [5, 5.41) is 12.1. The lowest BCUT2D eigenvalue weighted by atomic mass is 10.2. The highest BCUT2D eigenvalue weighted by atomic mass is 16.3. The standard InChI is InChI=1S/C13H20N2O2/c14-8-3-1-2-4-9-15-13(17)11-6-5-7-12(16)10-11/h5-7,10,16H,1-4,8-9,14H2,(H,15,17). The van der Waals surface area contributed by atoms with E-state index in [-0.39, 0.29) is 11.7 Å². The highest BCUT2D eigenvalue weighted by Crippen LogP contribution is 2.10. The number of aromatic hydroxyl groups is 1. The number of phenolic OH excluding ortho intramolecular Hbond substituents is 1. The molecule has 4 N–H and O–H groups in total. The van der Waals surface area contributed by atoms with Gasteiger partial charge in [0.2, 0.25) is 0 Å². The third-order valence-electron chi connectivity index (χ3n) is 2.52. The number of carbonyl (C=O) groups is 1. The van der Waals surface area contributed by atoms with E-state index in [1.165, 1.54) is 6.07 Å². The monoisotopic (exact) mass is 236 g/mol. The van der Waals surface area contributed by atoms with Crippen molar-refractivity contribution in [3.8, 4) is 5.75 Å². The molecule has 0 saturated carbocycles. The summed E-state index contributed by atoms with van der Waals surface area (Å²) < 4.78 is 0. The molecule has 0 aliphatic carbocycles. The molecule has 1 aromatic carbocycles. The molecule has 0 fully saturated rings. The van der Waals surface area contributed by atoms with Crippen LogP contribution in [0.3, 0.4) is 0 Å². The maximum absolute atomic E-state index is 11.6. The Morgan fingerprint density at radius 2 is 2.00 bits per heavy atom. The first kappa shape index (κ1) is 13.5. The highest BCUT2D eigenvalue weighted by molar-refractivity contribution is 5.94. The molecule has 0 heterocycles. The summed E-state index contributed by atoms with van der Waals surface area (Å²) in [7, 11) is 0. The van der Waals surface area contributed by atoms with E-state index in [4.69, 9.17) is 5.73 Å². The van der Waals surface area contributed by atoms with Gasteiger partial charge in [-0.2, -0.15) is 0 Å². The lowest BCUT2D eigenvalue weighted by Gasteiger charge is -2.05. The Hall–Kier alpha value is -1.55. The molecule has 0 atom stereocenters. The third-order valence-corrected chi connectivity index (χ3v) is 2.52. The zero-order valence-corrected chi connectivity index (χ0v) is 9.98. The molecule has 1 rings (SSSR count). The summed E-state index contributed by atoms with van der Waals surface area (Å²) in [6, 6.07) is 6.35. The SMILES string of the molecule is NCCCCCCNC(=O)c1cccc(O)c1. The van der Waals surface area contributed by atoms with Gasteiger partial charge in [0.25, 0.3) is 5.91 Å². The highest BCUT2D eigenvalue weighted by Gasteiger charge is 2.04. The van der Waals surface area contributed by atoms with E-state index in [0.717, 1.165) is 32.2 Å². The second-order valence-corrected chi connectivity index (χ2v) is 4.01. The normalized spacial score (nSPS) is 10.2. The van der Waals surface area contributed by atoms with E-state index in [1.54, 1.807) is 18.2 Å². The lowest BCUT2D eigenvalue weighted by molar-refractivity contribution is 0.0952. The zero-order valence-electron chi connectivity index (χ0n) is 9.98. The van der Waals surface area contributed by atoms with Crippen molar-refractivity contribution in [2.75, 3.05) is 13.1 Å². The quantitative estimate of drug-likeness (QED) is 0.630. The van der Waals surface area contributed by atoms with Crippen molar-refractivity contribution < 1.29 is 9.90 Å². The van der Waals surface area contributed by atoms with Crippen LogP contribution in [0.4, 0.5) is 0 Å². The molecule has 0 aliphatic heterocycles. The third kappa shape index (κ3) is 5.36. The molecule has 0 bridgehead atoms. The minimum Gasteiger partial charge on any atom is -0.508 e. The summed E-state index contributed by atoms with van der Waals surface area (Å²) >= 11 is 0. The first-order chi connectivity index (χ1) is 8.24. The second-order valence-electron chi connectivity index (χ2n) is 4.01. The van der Waals surface area contributed by atoms with Crippen molar-refractivity contribution >= 4 is 5.91 Å². The van der Waals surface area contributed by atoms with Crippen LogP contribution in [0.1, 0.15) is 36.0 Å². The molecule has 4 heteroatoms. The van der Waals surface area contributed by atoms with Crippen LogP contribution >= 0.6 is 0 Å². The van der Waals surface area contributed by atoms with Crippen LogP contribution in [-0.2, 0) is 0 Å². The Bertz CT molecular complexity index is 353. The predicted molar refractivity (Wildman–Crippen MR) is 68.0 cm³/mol. The zero-order chi connectivity index (χ0) is 12.5. The smallest absolute Gasteiger partial charge is 0.251 e. The fourth-order valence-corrected chi connectivity index (χ4v) is 1.57. The maximum Gasteiger partial charge on any atom is 0.251 e. The molecule has 94 valence electrons. The van der Waals surface area contributed by atoms with E-state index in [2.05, 4.69) is 5.32 Å². The minimum atomic E-state index is -0.139. The Labute approximate surface area is 102 Å². The number of nitrogens with two attached hydrogens (primary N) is 1. The van der Waals surface area contributed by atoms with Crippen LogP contribution in [0, 0.1) is 0 Å². The van der Waals surface area contributed by atoms with Crippen molar-refractivity contribution in [1.29, 1.82) is 0 Å². The van der Waals surface area contributed by atoms with Crippen molar-refractivity contribution in [3.63, 3.8) is 0 Å².